The largest absolute Gasteiger partial charge is 0.481 e. The van der Waals surface area contributed by atoms with Gasteiger partial charge in [-0.25, -0.2) is 0 Å². The number of hydrogen-bond donors (Lipinski definition) is 1. The van der Waals surface area contributed by atoms with Gasteiger partial charge in [0, 0.05) is 0 Å². The van der Waals surface area contributed by atoms with Gasteiger partial charge in [-0.05, 0) is 65.9 Å². The van der Waals surface area contributed by atoms with Gasteiger partial charge in [-0.2, -0.15) is 26.3 Å². The van der Waals surface area contributed by atoms with Gasteiger partial charge in [0.05, 0.1) is 16.5 Å². The number of carbonyl (C=O) groups is 1. The van der Waals surface area contributed by atoms with E-state index >= 15 is 0 Å². The molecule has 3 aromatic carbocycles. The molecule has 0 aromatic heterocycles. The first kappa shape index (κ1) is 23.4. The second kappa shape index (κ2) is 8.00. The Bertz CT molecular complexity index is 1130. The smallest absolute Gasteiger partial charge is 0.416 e. The van der Waals surface area contributed by atoms with Crippen molar-refractivity contribution in [1.29, 1.82) is 0 Å². The summed E-state index contributed by atoms with van der Waals surface area (Å²) in [6, 6.07) is 13.3. The van der Waals surface area contributed by atoms with Crippen molar-refractivity contribution in [2.75, 3.05) is 0 Å². The quantitative estimate of drug-likeness (QED) is 0.418. The molecular weight excluding hydrogens is 434 g/mol. The van der Waals surface area contributed by atoms with Crippen molar-refractivity contribution in [1.82, 2.24) is 0 Å². The van der Waals surface area contributed by atoms with E-state index < -0.39 is 34.9 Å². The minimum absolute atomic E-state index is 0.317. The minimum Gasteiger partial charge on any atom is -0.481 e. The highest BCUT2D eigenvalue weighted by Crippen LogP contribution is 2.42. The molecule has 168 valence electrons. The van der Waals surface area contributed by atoms with Gasteiger partial charge in [0.15, 0.2) is 0 Å². The molecule has 8 heteroatoms. The predicted molar refractivity (Wildman–Crippen MR) is 108 cm³/mol. The standard InChI is InChI=1S/C24H18F6O2/c1-22(2,21(31)32)19-5-3-4-18(14-6-10-16(11-7-14)23(25,26)27)20(19)15-8-12-17(13-9-15)24(28,29)30/h3-13H,1-2H3,(H,31,32). The van der Waals surface area contributed by atoms with Crippen molar-refractivity contribution in [3.63, 3.8) is 0 Å². The summed E-state index contributed by atoms with van der Waals surface area (Å²) in [6.45, 7) is 2.91. The highest BCUT2D eigenvalue weighted by molar-refractivity contribution is 5.91. The fraction of sp³-hybridized carbons (Fsp3) is 0.208. The van der Waals surface area contributed by atoms with Crippen LogP contribution in [0.15, 0.2) is 66.7 Å². The van der Waals surface area contributed by atoms with Crippen molar-refractivity contribution >= 4 is 5.97 Å². The minimum atomic E-state index is -4.55. The van der Waals surface area contributed by atoms with Crippen LogP contribution in [0, 0.1) is 0 Å². The first-order chi connectivity index (χ1) is 14.7. The van der Waals surface area contributed by atoms with E-state index in [1.807, 2.05) is 0 Å². The zero-order valence-corrected chi connectivity index (χ0v) is 17.0. The van der Waals surface area contributed by atoms with Crippen molar-refractivity contribution in [2.24, 2.45) is 0 Å². The molecule has 0 saturated heterocycles. The molecule has 0 aliphatic heterocycles. The van der Waals surface area contributed by atoms with Gasteiger partial charge in [-0.3, -0.25) is 4.79 Å². The summed E-state index contributed by atoms with van der Waals surface area (Å²) >= 11 is 0. The summed E-state index contributed by atoms with van der Waals surface area (Å²) in [5, 5.41) is 9.73. The highest BCUT2D eigenvalue weighted by atomic mass is 19.4. The Balaban J connectivity index is 2.26. The summed E-state index contributed by atoms with van der Waals surface area (Å²) in [5.41, 5.74) is -1.37. The molecule has 0 unspecified atom stereocenters. The predicted octanol–water partition coefficient (Wildman–Crippen LogP) is 7.42. The van der Waals surface area contributed by atoms with Crippen LogP contribution < -0.4 is 0 Å². The zero-order valence-electron chi connectivity index (χ0n) is 17.0. The lowest BCUT2D eigenvalue weighted by molar-refractivity contribution is -0.142. The van der Waals surface area contributed by atoms with E-state index in [-0.39, 0.29) is 0 Å². The summed E-state index contributed by atoms with van der Waals surface area (Å²) in [5.74, 6) is -1.16. The van der Waals surface area contributed by atoms with Gasteiger partial charge in [-0.15, -0.1) is 0 Å². The van der Waals surface area contributed by atoms with E-state index in [2.05, 4.69) is 0 Å². The second-order valence-corrected chi connectivity index (χ2v) is 7.81. The molecule has 3 aromatic rings. The van der Waals surface area contributed by atoms with E-state index in [1.165, 1.54) is 38.1 Å². The molecule has 3 rings (SSSR count). The van der Waals surface area contributed by atoms with Crippen LogP contribution in [-0.4, -0.2) is 11.1 Å². The number of aliphatic carboxylic acids is 1. The molecule has 0 saturated carbocycles. The van der Waals surface area contributed by atoms with E-state index in [1.54, 1.807) is 18.2 Å². The van der Waals surface area contributed by atoms with Crippen LogP contribution in [0.2, 0.25) is 0 Å². The number of benzene rings is 3. The van der Waals surface area contributed by atoms with Crippen LogP contribution in [0.4, 0.5) is 26.3 Å². The molecular formula is C24H18F6O2. The molecule has 0 radical (unpaired) electrons. The van der Waals surface area contributed by atoms with E-state index in [0.717, 1.165) is 24.3 Å². The highest BCUT2D eigenvalue weighted by Gasteiger charge is 2.34. The van der Waals surface area contributed by atoms with Gasteiger partial charge >= 0.3 is 18.3 Å². The third-order valence-corrected chi connectivity index (χ3v) is 5.30. The third kappa shape index (κ3) is 4.49. The van der Waals surface area contributed by atoms with Crippen LogP contribution in [-0.2, 0) is 22.6 Å². The topological polar surface area (TPSA) is 37.3 Å². The van der Waals surface area contributed by atoms with Gasteiger partial charge in [0.2, 0.25) is 0 Å². The summed E-state index contributed by atoms with van der Waals surface area (Å²) in [4.78, 5) is 11.9. The summed E-state index contributed by atoms with van der Waals surface area (Å²) in [7, 11) is 0. The fourth-order valence-electron chi connectivity index (χ4n) is 3.40. The molecule has 0 heterocycles. The number of rotatable bonds is 4. The Hall–Kier alpha value is -3.29. The Morgan fingerprint density at radius 2 is 1.12 bits per heavy atom. The van der Waals surface area contributed by atoms with Gasteiger partial charge in [0.25, 0.3) is 0 Å². The first-order valence-electron chi connectivity index (χ1n) is 9.45. The van der Waals surface area contributed by atoms with E-state index in [4.69, 9.17) is 0 Å². The van der Waals surface area contributed by atoms with Crippen LogP contribution >= 0.6 is 0 Å². The Labute approximate surface area is 180 Å². The van der Waals surface area contributed by atoms with E-state index in [0.29, 0.717) is 27.8 Å². The average Bonchev–Trinajstić information content (AvgIpc) is 2.72. The molecule has 1 N–H and O–H groups in total. The van der Waals surface area contributed by atoms with Crippen molar-refractivity contribution in [3.05, 3.63) is 83.4 Å². The van der Waals surface area contributed by atoms with Gasteiger partial charge in [0.1, 0.15) is 0 Å². The lowest BCUT2D eigenvalue weighted by Crippen LogP contribution is -2.29. The monoisotopic (exact) mass is 452 g/mol. The first-order valence-corrected chi connectivity index (χ1v) is 9.45. The summed E-state index contributed by atoms with van der Waals surface area (Å²) in [6.07, 6.45) is -9.07. The van der Waals surface area contributed by atoms with Crippen molar-refractivity contribution in [3.8, 4) is 22.3 Å². The number of alkyl halides is 6. The van der Waals surface area contributed by atoms with Crippen molar-refractivity contribution < 1.29 is 36.2 Å². The van der Waals surface area contributed by atoms with Crippen LogP contribution in [0.3, 0.4) is 0 Å². The Kier molecular flexibility index (Phi) is 5.84. The maximum atomic E-state index is 13.0. The molecule has 0 aliphatic carbocycles. The average molecular weight is 452 g/mol. The molecule has 0 amide bonds. The number of hydrogen-bond acceptors (Lipinski definition) is 1. The Morgan fingerprint density at radius 3 is 1.53 bits per heavy atom. The van der Waals surface area contributed by atoms with Gasteiger partial charge in [-0.1, -0.05) is 42.5 Å². The summed E-state index contributed by atoms with van der Waals surface area (Å²) < 4.78 is 77.9. The van der Waals surface area contributed by atoms with Crippen LogP contribution in [0.5, 0.6) is 0 Å². The number of carboxylic acid groups (broad SMARTS) is 1. The molecule has 2 nitrogen and oxygen atoms in total. The molecule has 0 bridgehead atoms. The molecule has 0 fully saturated rings. The van der Waals surface area contributed by atoms with Crippen LogP contribution in [0.1, 0.15) is 30.5 Å². The maximum absolute atomic E-state index is 13.0. The van der Waals surface area contributed by atoms with E-state index in [9.17, 15) is 36.2 Å². The van der Waals surface area contributed by atoms with Crippen LogP contribution in [0.25, 0.3) is 22.3 Å². The lowest BCUT2D eigenvalue weighted by Gasteiger charge is -2.26. The zero-order chi connectivity index (χ0) is 23.9. The SMILES string of the molecule is CC(C)(C(=O)O)c1cccc(-c2ccc(C(F)(F)F)cc2)c1-c1ccc(C(F)(F)F)cc1. The Morgan fingerprint density at radius 1 is 0.688 bits per heavy atom. The lowest BCUT2D eigenvalue weighted by atomic mass is 9.77. The maximum Gasteiger partial charge on any atom is 0.416 e. The molecule has 32 heavy (non-hydrogen) atoms. The van der Waals surface area contributed by atoms with Gasteiger partial charge < -0.3 is 5.11 Å². The fourth-order valence-corrected chi connectivity index (χ4v) is 3.40. The molecule has 0 atom stereocenters. The van der Waals surface area contributed by atoms with Crippen molar-refractivity contribution in [2.45, 2.75) is 31.6 Å². The molecule has 0 aliphatic rings. The second-order valence-electron chi connectivity index (χ2n) is 7.81. The number of carboxylic acids is 1. The number of halogens is 6. The normalized spacial score (nSPS) is 12.6. The molecule has 0 spiro atoms. The third-order valence-electron chi connectivity index (χ3n) is 5.30.